The van der Waals surface area contributed by atoms with E-state index >= 15 is 0 Å². The summed E-state index contributed by atoms with van der Waals surface area (Å²) in [5, 5.41) is 0. The first-order valence-electron chi connectivity index (χ1n) is 6.93. The molecule has 0 amide bonds. The number of likely N-dealkylation sites (N-methyl/N-ethyl adjacent to an activating group) is 1. The number of imidazole rings is 1. The van der Waals surface area contributed by atoms with E-state index in [0.29, 0.717) is 12.0 Å². The molecule has 4 heteroatoms. The van der Waals surface area contributed by atoms with E-state index < -0.39 is 0 Å². The third-order valence-electron chi connectivity index (χ3n) is 3.84. The van der Waals surface area contributed by atoms with Gasteiger partial charge >= 0.3 is 0 Å². The van der Waals surface area contributed by atoms with E-state index in [9.17, 15) is 0 Å². The fourth-order valence-electron chi connectivity index (χ4n) is 1.93. The normalized spacial score (nSPS) is 15.3. The van der Waals surface area contributed by atoms with Crippen molar-refractivity contribution in [3.63, 3.8) is 0 Å². The van der Waals surface area contributed by atoms with Crippen LogP contribution in [-0.4, -0.2) is 34.1 Å². The van der Waals surface area contributed by atoms with Crippen molar-refractivity contribution in [3.8, 4) is 0 Å². The Bertz CT molecular complexity index is 345. The number of aromatic nitrogens is 2. The molecule has 1 aromatic rings. The Balaban J connectivity index is 2.61. The quantitative estimate of drug-likeness (QED) is 0.810. The van der Waals surface area contributed by atoms with Crippen molar-refractivity contribution in [3.05, 3.63) is 18.2 Å². The van der Waals surface area contributed by atoms with E-state index in [4.69, 9.17) is 5.73 Å². The summed E-state index contributed by atoms with van der Waals surface area (Å²) in [6.45, 7) is 10.8. The van der Waals surface area contributed by atoms with Crippen LogP contribution in [0.5, 0.6) is 0 Å². The van der Waals surface area contributed by atoms with Crippen molar-refractivity contribution in [1.82, 2.24) is 14.5 Å². The van der Waals surface area contributed by atoms with E-state index in [-0.39, 0.29) is 6.04 Å². The number of hydrogen-bond acceptors (Lipinski definition) is 3. The second-order valence-electron chi connectivity index (χ2n) is 5.52. The molecule has 0 aromatic carbocycles. The van der Waals surface area contributed by atoms with Gasteiger partial charge in [-0.1, -0.05) is 20.8 Å². The van der Waals surface area contributed by atoms with Crippen LogP contribution in [0.2, 0.25) is 0 Å². The van der Waals surface area contributed by atoms with Gasteiger partial charge in [-0.3, -0.25) is 0 Å². The van der Waals surface area contributed by atoms with Gasteiger partial charge in [0.15, 0.2) is 0 Å². The smallest absolute Gasteiger partial charge is 0.0949 e. The maximum absolute atomic E-state index is 6.20. The predicted molar refractivity (Wildman–Crippen MR) is 76.4 cm³/mol. The third kappa shape index (κ3) is 3.82. The standard InChI is InChI=1S/C14H28N4/c1-6-12(4)17(5)7-8-18-10-16-9-13(18)14(15)11(2)3/h9-12,14H,6-8,15H2,1-5H3. The van der Waals surface area contributed by atoms with Gasteiger partial charge in [-0.15, -0.1) is 0 Å². The molecule has 0 fully saturated rings. The van der Waals surface area contributed by atoms with Gasteiger partial charge in [-0.05, 0) is 26.3 Å². The minimum absolute atomic E-state index is 0.0707. The largest absolute Gasteiger partial charge is 0.332 e. The Morgan fingerprint density at radius 2 is 2.06 bits per heavy atom. The van der Waals surface area contributed by atoms with Gasteiger partial charge in [0, 0.05) is 31.4 Å². The molecule has 0 aliphatic carbocycles. The second-order valence-corrected chi connectivity index (χ2v) is 5.52. The zero-order chi connectivity index (χ0) is 13.7. The molecule has 0 aliphatic rings. The van der Waals surface area contributed by atoms with E-state index in [1.807, 2.05) is 12.5 Å². The van der Waals surface area contributed by atoms with Crippen LogP contribution in [0.1, 0.15) is 45.9 Å². The predicted octanol–water partition coefficient (Wildman–Crippen LogP) is 2.27. The van der Waals surface area contributed by atoms with Crippen LogP contribution in [0.15, 0.2) is 12.5 Å². The molecule has 1 rings (SSSR count). The van der Waals surface area contributed by atoms with Gasteiger partial charge in [-0.25, -0.2) is 4.98 Å². The van der Waals surface area contributed by atoms with Crippen molar-refractivity contribution < 1.29 is 0 Å². The van der Waals surface area contributed by atoms with Gasteiger partial charge in [0.1, 0.15) is 0 Å². The molecule has 0 aliphatic heterocycles. The lowest BCUT2D eigenvalue weighted by Crippen LogP contribution is -2.32. The van der Waals surface area contributed by atoms with Crippen molar-refractivity contribution in [2.24, 2.45) is 11.7 Å². The van der Waals surface area contributed by atoms with Crippen LogP contribution in [-0.2, 0) is 6.54 Å². The monoisotopic (exact) mass is 252 g/mol. The average Bonchev–Trinajstić information content (AvgIpc) is 2.81. The number of hydrogen-bond donors (Lipinski definition) is 1. The molecular weight excluding hydrogens is 224 g/mol. The summed E-state index contributed by atoms with van der Waals surface area (Å²) in [7, 11) is 2.17. The van der Waals surface area contributed by atoms with Crippen molar-refractivity contribution in [1.29, 1.82) is 0 Å². The molecule has 4 nitrogen and oxygen atoms in total. The summed E-state index contributed by atoms with van der Waals surface area (Å²) in [5.41, 5.74) is 7.34. The first-order valence-corrected chi connectivity index (χ1v) is 6.93. The lowest BCUT2D eigenvalue weighted by Gasteiger charge is -2.25. The number of nitrogens with two attached hydrogens (primary N) is 1. The molecule has 0 bridgehead atoms. The lowest BCUT2D eigenvalue weighted by atomic mass is 10.0. The zero-order valence-corrected chi connectivity index (χ0v) is 12.4. The van der Waals surface area contributed by atoms with Gasteiger partial charge in [0.05, 0.1) is 12.0 Å². The Labute approximate surface area is 111 Å². The van der Waals surface area contributed by atoms with Gasteiger partial charge in [0.2, 0.25) is 0 Å². The van der Waals surface area contributed by atoms with Gasteiger partial charge in [-0.2, -0.15) is 0 Å². The summed E-state index contributed by atoms with van der Waals surface area (Å²) < 4.78 is 2.18. The molecule has 1 heterocycles. The highest BCUT2D eigenvalue weighted by molar-refractivity contribution is 5.05. The summed E-state index contributed by atoms with van der Waals surface area (Å²) >= 11 is 0. The Hall–Kier alpha value is -0.870. The van der Waals surface area contributed by atoms with Crippen LogP contribution >= 0.6 is 0 Å². The fourth-order valence-corrected chi connectivity index (χ4v) is 1.93. The summed E-state index contributed by atoms with van der Waals surface area (Å²) in [5.74, 6) is 0.438. The van der Waals surface area contributed by atoms with Crippen LogP contribution in [0, 0.1) is 5.92 Å². The van der Waals surface area contributed by atoms with Crippen molar-refractivity contribution in [2.75, 3.05) is 13.6 Å². The third-order valence-corrected chi connectivity index (χ3v) is 3.84. The Kier molecular flexibility index (Phi) is 5.82. The lowest BCUT2D eigenvalue weighted by molar-refractivity contribution is 0.240. The van der Waals surface area contributed by atoms with E-state index in [0.717, 1.165) is 18.8 Å². The molecule has 2 unspecified atom stereocenters. The number of nitrogens with zero attached hydrogens (tertiary/aromatic N) is 3. The topological polar surface area (TPSA) is 47.1 Å². The maximum atomic E-state index is 6.20. The van der Waals surface area contributed by atoms with Crippen LogP contribution in [0.3, 0.4) is 0 Å². The second kappa shape index (κ2) is 6.90. The fraction of sp³-hybridized carbons (Fsp3) is 0.786. The summed E-state index contributed by atoms with van der Waals surface area (Å²) in [6.07, 6.45) is 4.97. The SMILES string of the molecule is CCC(C)N(C)CCn1cncc1C(N)C(C)C. The van der Waals surface area contributed by atoms with Gasteiger partial charge in [0.25, 0.3) is 0 Å². The Morgan fingerprint density at radius 3 is 2.61 bits per heavy atom. The summed E-state index contributed by atoms with van der Waals surface area (Å²) in [4.78, 5) is 6.61. The van der Waals surface area contributed by atoms with E-state index in [1.54, 1.807) is 0 Å². The highest BCUT2D eigenvalue weighted by atomic mass is 15.2. The highest BCUT2D eigenvalue weighted by Crippen LogP contribution is 2.18. The van der Waals surface area contributed by atoms with Crippen molar-refractivity contribution >= 4 is 0 Å². The molecular formula is C14H28N4. The minimum Gasteiger partial charge on any atom is -0.332 e. The summed E-state index contributed by atoms with van der Waals surface area (Å²) in [6, 6.07) is 0.692. The Morgan fingerprint density at radius 1 is 1.39 bits per heavy atom. The number of rotatable bonds is 7. The first kappa shape index (κ1) is 15.2. The highest BCUT2D eigenvalue weighted by Gasteiger charge is 2.15. The van der Waals surface area contributed by atoms with Gasteiger partial charge < -0.3 is 15.2 Å². The molecule has 2 N–H and O–H groups in total. The first-order chi connectivity index (χ1) is 8.47. The molecule has 18 heavy (non-hydrogen) atoms. The molecule has 0 saturated carbocycles. The molecule has 0 saturated heterocycles. The average molecular weight is 252 g/mol. The molecule has 0 spiro atoms. The molecule has 0 radical (unpaired) electrons. The molecule has 1 aromatic heterocycles. The maximum Gasteiger partial charge on any atom is 0.0949 e. The van der Waals surface area contributed by atoms with Crippen molar-refractivity contribution in [2.45, 2.75) is 52.7 Å². The van der Waals surface area contributed by atoms with E-state index in [2.05, 4.69) is 49.2 Å². The van der Waals surface area contributed by atoms with Crippen LogP contribution < -0.4 is 5.73 Å². The van der Waals surface area contributed by atoms with E-state index in [1.165, 1.54) is 6.42 Å². The minimum atomic E-state index is 0.0707. The van der Waals surface area contributed by atoms with Crippen LogP contribution in [0.25, 0.3) is 0 Å². The molecule has 2 atom stereocenters. The van der Waals surface area contributed by atoms with Crippen LogP contribution in [0.4, 0.5) is 0 Å². The molecule has 104 valence electrons. The zero-order valence-electron chi connectivity index (χ0n) is 12.4.